The Labute approximate surface area is 207 Å². The fraction of sp³-hybridized carbons (Fsp3) is 0.222. The minimum atomic E-state index is -0.859. The Morgan fingerprint density at radius 2 is 1.69 bits per heavy atom. The number of hydrogen-bond donors (Lipinski definition) is 1. The number of nitrogens with one attached hydrogen (secondary N) is 1. The molecular weight excluding hydrogens is 456 g/mol. The Bertz CT molecular complexity index is 1390. The zero-order valence-electron chi connectivity index (χ0n) is 19.5. The molecule has 2 aliphatic heterocycles. The Kier molecular flexibility index (Phi) is 5.96. The molecule has 4 aromatic rings. The molecular formula is C27H24N6O3. The third-order valence-electron chi connectivity index (χ3n) is 6.26. The number of carbonyl (C=O) groups excluding carboxylic acids is 1. The second kappa shape index (κ2) is 9.71. The predicted molar refractivity (Wildman–Crippen MR) is 135 cm³/mol. The largest absolute Gasteiger partial charge is 0.403 e. The third-order valence-corrected chi connectivity index (χ3v) is 6.26. The van der Waals surface area contributed by atoms with Crippen molar-refractivity contribution >= 4 is 23.3 Å². The van der Waals surface area contributed by atoms with Crippen LogP contribution in [0.2, 0.25) is 0 Å². The van der Waals surface area contributed by atoms with Gasteiger partial charge in [-0.15, -0.1) is 5.10 Å². The van der Waals surface area contributed by atoms with Crippen LogP contribution in [0.3, 0.4) is 0 Å². The van der Waals surface area contributed by atoms with Crippen LogP contribution in [0.5, 0.6) is 0 Å². The normalized spacial score (nSPS) is 17.8. The molecule has 180 valence electrons. The molecule has 0 spiro atoms. The van der Waals surface area contributed by atoms with Crippen molar-refractivity contribution in [3.63, 3.8) is 0 Å². The number of benzene rings is 2. The van der Waals surface area contributed by atoms with Crippen molar-refractivity contribution in [2.75, 3.05) is 36.5 Å². The summed E-state index contributed by atoms with van der Waals surface area (Å²) in [5.41, 5.74) is 4.26. The highest BCUT2D eigenvalue weighted by Gasteiger charge is 2.27. The summed E-state index contributed by atoms with van der Waals surface area (Å²) in [6.45, 7) is 3.01. The van der Waals surface area contributed by atoms with Crippen molar-refractivity contribution < 1.29 is 13.9 Å². The molecule has 0 unspecified atom stereocenters. The summed E-state index contributed by atoms with van der Waals surface area (Å²) < 4.78 is 11.2. The van der Waals surface area contributed by atoms with E-state index < -0.39 is 6.17 Å². The monoisotopic (exact) mass is 480 g/mol. The number of ketones is 1. The number of hydrogen-bond acceptors (Lipinski definition) is 9. The van der Waals surface area contributed by atoms with E-state index in [-0.39, 0.29) is 18.2 Å². The van der Waals surface area contributed by atoms with Crippen LogP contribution in [0.1, 0.15) is 16.7 Å². The van der Waals surface area contributed by atoms with Crippen molar-refractivity contribution in [3.8, 4) is 11.5 Å². The average Bonchev–Trinajstić information content (AvgIpc) is 3.36. The van der Waals surface area contributed by atoms with Crippen molar-refractivity contribution in [1.82, 2.24) is 15.2 Å². The lowest BCUT2D eigenvalue weighted by molar-refractivity contribution is -0.119. The number of aromatic nitrogens is 3. The fourth-order valence-corrected chi connectivity index (χ4v) is 4.41. The molecule has 4 heterocycles. The maximum absolute atomic E-state index is 13.1. The van der Waals surface area contributed by atoms with Crippen LogP contribution in [0.4, 0.5) is 11.8 Å². The smallest absolute Gasteiger partial charge is 0.317 e. The Morgan fingerprint density at radius 3 is 2.50 bits per heavy atom. The molecule has 1 saturated heterocycles. The lowest BCUT2D eigenvalue weighted by Gasteiger charge is -2.27. The molecule has 2 aliphatic rings. The Balaban J connectivity index is 1.25. The molecule has 9 nitrogen and oxygen atoms in total. The molecule has 1 fully saturated rings. The van der Waals surface area contributed by atoms with Gasteiger partial charge in [-0.25, -0.2) is 4.98 Å². The van der Waals surface area contributed by atoms with E-state index in [9.17, 15) is 4.79 Å². The van der Waals surface area contributed by atoms with Gasteiger partial charge in [-0.3, -0.25) is 9.79 Å². The second-order valence-electron chi connectivity index (χ2n) is 8.61. The van der Waals surface area contributed by atoms with Gasteiger partial charge in [0.2, 0.25) is 0 Å². The molecule has 1 N–H and O–H groups in total. The molecule has 2 aromatic heterocycles. The molecule has 0 aliphatic carbocycles. The van der Waals surface area contributed by atoms with Crippen molar-refractivity contribution in [1.29, 1.82) is 0 Å². The van der Waals surface area contributed by atoms with Crippen LogP contribution < -0.4 is 10.2 Å². The van der Waals surface area contributed by atoms with Gasteiger partial charge in [0.15, 0.2) is 11.9 Å². The number of Topliss-reactive ketones (excluding diaryl/α,β-unsaturated/α-hetero) is 1. The van der Waals surface area contributed by atoms with Gasteiger partial charge >= 0.3 is 6.01 Å². The van der Waals surface area contributed by atoms with Crippen LogP contribution in [-0.2, 0) is 16.0 Å². The lowest BCUT2D eigenvalue weighted by atomic mass is 9.96. The highest BCUT2D eigenvalue weighted by Crippen LogP contribution is 2.25. The van der Waals surface area contributed by atoms with E-state index in [0.29, 0.717) is 24.7 Å². The van der Waals surface area contributed by atoms with Gasteiger partial charge in [0.05, 0.1) is 24.5 Å². The predicted octanol–water partition coefficient (Wildman–Crippen LogP) is 3.37. The Morgan fingerprint density at radius 1 is 0.889 bits per heavy atom. The van der Waals surface area contributed by atoms with Crippen molar-refractivity contribution in [2.45, 2.75) is 12.6 Å². The standard InChI is InChI=1S/C27H24N6O3/c34-22-16-19-8-4-5-9-21(19)24(18-6-2-1-3-7-18)29-25(22)30-27-32-31-26(36-27)20-10-11-23(28-17-20)33-12-14-35-15-13-33/h1-11,17,25H,12-16H2,(H,30,32)/t25-/m1/s1. The molecule has 6 rings (SSSR count). The molecule has 1 atom stereocenters. The first kappa shape index (κ1) is 22.1. The van der Waals surface area contributed by atoms with Gasteiger partial charge in [-0.2, -0.15) is 0 Å². The minimum Gasteiger partial charge on any atom is -0.403 e. The number of rotatable bonds is 5. The first-order valence-electron chi connectivity index (χ1n) is 11.9. The van der Waals surface area contributed by atoms with E-state index in [2.05, 4.69) is 25.4 Å². The van der Waals surface area contributed by atoms with Gasteiger partial charge in [-0.05, 0) is 17.7 Å². The number of ether oxygens (including phenoxy) is 1. The molecule has 9 heteroatoms. The number of pyridine rings is 1. The van der Waals surface area contributed by atoms with Crippen LogP contribution >= 0.6 is 0 Å². The van der Waals surface area contributed by atoms with Crippen LogP contribution in [0.25, 0.3) is 11.5 Å². The van der Waals surface area contributed by atoms with E-state index in [0.717, 1.165) is 41.3 Å². The van der Waals surface area contributed by atoms with Crippen LogP contribution in [0.15, 0.2) is 82.3 Å². The van der Waals surface area contributed by atoms with Gasteiger partial charge in [0, 0.05) is 36.8 Å². The van der Waals surface area contributed by atoms with Gasteiger partial charge in [0.1, 0.15) is 5.82 Å². The fourth-order valence-electron chi connectivity index (χ4n) is 4.41. The number of anilines is 2. The maximum Gasteiger partial charge on any atom is 0.317 e. The molecule has 0 saturated carbocycles. The highest BCUT2D eigenvalue weighted by atomic mass is 16.5. The molecule has 0 radical (unpaired) electrons. The molecule has 36 heavy (non-hydrogen) atoms. The topological polar surface area (TPSA) is 106 Å². The van der Waals surface area contributed by atoms with E-state index in [1.165, 1.54) is 0 Å². The maximum atomic E-state index is 13.1. The van der Waals surface area contributed by atoms with Gasteiger partial charge < -0.3 is 19.4 Å². The summed E-state index contributed by atoms with van der Waals surface area (Å²) in [6.07, 6.45) is 1.10. The van der Waals surface area contributed by atoms with Gasteiger partial charge in [-0.1, -0.05) is 59.7 Å². The number of aliphatic imine (C=N–C) groups is 1. The zero-order chi connectivity index (χ0) is 24.3. The van der Waals surface area contributed by atoms with E-state index in [4.69, 9.17) is 14.1 Å². The lowest BCUT2D eigenvalue weighted by Crippen LogP contribution is -2.36. The van der Waals surface area contributed by atoms with E-state index in [1.54, 1.807) is 6.20 Å². The number of nitrogens with zero attached hydrogens (tertiary/aromatic N) is 5. The molecule has 0 bridgehead atoms. The first-order chi connectivity index (χ1) is 17.7. The zero-order valence-corrected chi connectivity index (χ0v) is 19.5. The third kappa shape index (κ3) is 4.48. The summed E-state index contributed by atoms with van der Waals surface area (Å²) >= 11 is 0. The average molecular weight is 481 g/mol. The molecule has 2 aromatic carbocycles. The highest BCUT2D eigenvalue weighted by molar-refractivity contribution is 6.16. The SMILES string of the molecule is O=C1Cc2ccccc2C(c2ccccc2)=N[C@@H]1Nc1nnc(-c2ccc(N3CCOCC3)nc2)o1. The van der Waals surface area contributed by atoms with Gasteiger partial charge in [0.25, 0.3) is 5.89 Å². The second-order valence-corrected chi connectivity index (χ2v) is 8.61. The summed E-state index contributed by atoms with van der Waals surface area (Å²) in [4.78, 5) is 24.7. The van der Waals surface area contributed by atoms with E-state index in [1.807, 2.05) is 66.7 Å². The summed E-state index contributed by atoms with van der Waals surface area (Å²) in [7, 11) is 0. The number of carbonyl (C=O) groups is 1. The van der Waals surface area contributed by atoms with E-state index >= 15 is 0 Å². The molecule has 0 amide bonds. The Hall–Kier alpha value is -4.37. The summed E-state index contributed by atoms with van der Waals surface area (Å²) in [5.74, 6) is 1.12. The van der Waals surface area contributed by atoms with Crippen molar-refractivity contribution in [3.05, 3.63) is 89.6 Å². The minimum absolute atomic E-state index is 0.0790. The van der Waals surface area contributed by atoms with Crippen LogP contribution in [-0.4, -0.2) is 59.1 Å². The van der Waals surface area contributed by atoms with Crippen molar-refractivity contribution in [2.24, 2.45) is 4.99 Å². The number of fused-ring (bicyclic) bond motifs is 1. The summed E-state index contributed by atoms with van der Waals surface area (Å²) in [5, 5.41) is 11.3. The quantitative estimate of drug-likeness (QED) is 0.464. The first-order valence-corrected chi connectivity index (χ1v) is 11.9. The van der Waals surface area contributed by atoms with Crippen LogP contribution in [0, 0.1) is 0 Å². The summed E-state index contributed by atoms with van der Waals surface area (Å²) in [6, 6.07) is 21.6. The number of morpholine rings is 1.